The molecule has 0 amide bonds. The molecule has 2 aromatic rings. The first-order chi connectivity index (χ1) is 9.11. The maximum atomic E-state index is 13.3. The van der Waals surface area contributed by atoms with Crippen LogP contribution in [0.25, 0.3) is 0 Å². The van der Waals surface area contributed by atoms with E-state index in [1.807, 2.05) is 25.1 Å². The van der Waals surface area contributed by atoms with Crippen LogP contribution in [0.4, 0.5) is 10.1 Å². The second kappa shape index (κ2) is 6.27. The second-order valence-corrected chi connectivity index (χ2v) is 5.05. The van der Waals surface area contributed by atoms with Gasteiger partial charge in [-0.05, 0) is 36.2 Å². The highest BCUT2D eigenvalue weighted by Gasteiger charge is 2.12. The van der Waals surface area contributed by atoms with E-state index >= 15 is 0 Å². The number of rotatable bonds is 4. The van der Waals surface area contributed by atoms with E-state index in [0.29, 0.717) is 10.0 Å². The Morgan fingerprint density at radius 3 is 2.58 bits per heavy atom. The summed E-state index contributed by atoms with van der Waals surface area (Å²) in [5.74, 6) is -0.241. The summed E-state index contributed by atoms with van der Waals surface area (Å²) in [7, 11) is 0. The summed E-state index contributed by atoms with van der Waals surface area (Å²) in [5.41, 5.74) is 1.64. The Bertz CT molecular complexity index is 572. The SMILES string of the molecule is CCC(Nc1cccc(Cl)c1Cl)c1cccc(F)c1. The highest BCUT2D eigenvalue weighted by atomic mass is 35.5. The quantitative estimate of drug-likeness (QED) is 0.764. The Labute approximate surface area is 122 Å². The lowest BCUT2D eigenvalue weighted by Crippen LogP contribution is -2.10. The minimum Gasteiger partial charge on any atom is -0.377 e. The van der Waals surface area contributed by atoms with E-state index in [4.69, 9.17) is 23.2 Å². The number of hydrogen-bond acceptors (Lipinski definition) is 1. The molecule has 2 aromatic carbocycles. The molecule has 0 aromatic heterocycles. The van der Waals surface area contributed by atoms with E-state index in [1.54, 1.807) is 12.1 Å². The van der Waals surface area contributed by atoms with E-state index < -0.39 is 0 Å². The highest BCUT2D eigenvalue weighted by Crippen LogP contribution is 2.33. The van der Waals surface area contributed by atoms with Gasteiger partial charge in [-0.25, -0.2) is 4.39 Å². The number of benzene rings is 2. The van der Waals surface area contributed by atoms with Crippen molar-refractivity contribution in [2.75, 3.05) is 5.32 Å². The first-order valence-electron chi connectivity index (χ1n) is 6.08. The van der Waals surface area contributed by atoms with Gasteiger partial charge >= 0.3 is 0 Å². The van der Waals surface area contributed by atoms with Crippen LogP contribution in [0.2, 0.25) is 10.0 Å². The molecule has 19 heavy (non-hydrogen) atoms. The van der Waals surface area contributed by atoms with Crippen molar-refractivity contribution in [1.82, 2.24) is 0 Å². The predicted molar refractivity (Wildman–Crippen MR) is 79.5 cm³/mol. The normalized spacial score (nSPS) is 12.2. The van der Waals surface area contributed by atoms with Gasteiger partial charge < -0.3 is 5.32 Å². The fourth-order valence-corrected chi connectivity index (χ4v) is 2.30. The summed E-state index contributed by atoms with van der Waals surface area (Å²) < 4.78 is 13.3. The molecule has 0 spiro atoms. The monoisotopic (exact) mass is 297 g/mol. The van der Waals surface area contributed by atoms with Crippen LogP contribution in [0, 0.1) is 5.82 Å². The van der Waals surface area contributed by atoms with E-state index in [0.717, 1.165) is 17.7 Å². The van der Waals surface area contributed by atoms with Crippen molar-refractivity contribution in [3.8, 4) is 0 Å². The third-order valence-electron chi connectivity index (χ3n) is 2.94. The van der Waals surface area contributed by atoms with Crippen LogP contribution < -0.4 is 5.32 Å². The molecular formula is C15H14Cl2FN. The molecule has 0 bridgehead atoms. The molecule has 2 rings (SSSR count). The second-order valence-electron chi connectivity index (χ2n) is 4.26. The Kier molecular flexibility index (Phi) is 4.67. The molecule has 0 radical (unpaired) electrons. The Hall–Kier alpha value is -1.25. The highest BCUT2D eigenvalue weighted by molar-refractivity contribution is 6.43. The van der Waals surface area contributed by atoms with Gasteiger partial charge in [-0.15, -0.1) is 0 Å². The van der Waals surface area contributed by atoms with Crippen molar-refractivity contribution in [1.29, 1.82) is 0 Å². The topological polar surface area (TPSA) is 12.0 Å². The van der Waals surface area contributed by atoms with Gasteiger partial charge in [0.15, 0.2) is 0 Å². The molecular weight excluding hydrogens is 284 g/mol. The Morgan fingerprint density at radius 1 is 1.16 bits per heavy atom. The van der Waals surface area contributed by atoms with Crippen LogP contribution in [-0.4, -0.2) is 0 Å². The third kappa shape index (κ3) is 3.40. The van der Waals surface area contributed by atoms with Crippen molar-refractivity contribution < 1.29 is 4.39 Å². The fourth-order valence-electron chi connectivity index (χ4n) is 1.95. The van der Waals surface area contributed by atoms with Crippen molar-refractivity contribution >= 4 is 28.9 Å². The van der Waals surface area contributed by atoms with Crippen molar-refractivity contribution in [3.63, 3.8) is 0 Å². The Balaban J connectivity index is 2.26. The van der Waals surface area contributed by atoms with Crippen LogP contribution in [0.15, 0.2) is 42.5 Å². The standard InChI is InChI=1S/C15H14Cl2FN/c1-2-13(10-5-3-6-11(18)9-10)19-14-8-4-7-12(16)15(14)17/h3-9,13,19H,2H2,1H3. The summed E-state index contributed by atoms with van der Waals surface area (Å²) in [4.78, 5) is 0. The number of hydrogen-bond donors (Lipinski definition) is 1. The van der Waals surface area contributed by atoms with E-state index in [1.165, 1.54) is 12.1 Å². The summed E-state index contributed by atoms with van der Waals surface area (Å²) >= 11 is 12.1. The van der Waals surface area contributed by atoms with Gasteiger partial charge in [0.05, 0.1) is 21.8 Å². The molecule has 1 N–H and O–H groups in total. The van der Waals surface area contributed by atoms with Gasteiger partial charge in [0.2, 0.25) is 0 Å². The summed E-state index contributed by atoms with van der Waals surface area (Å²) in [6.07, 6.45) is 0.812. The summed E-state index contributed by atoms with van der Waals surface area (Å²) in [5, 5.41) is 4.28. The lowest BCUT2D eigenvalue weighted by Gasteiger charge is -2.20. The average molecular weight is 298 g/mol. The molecule has 0 aliphatic heterocycles. The molecule has 0 saturated carbocycles. The van der Waals surface area contributed by atoms with Gasteiger partial charge in [0.1, 0.15) is 5.82 Å². The molecule has 0 heterocycles. The summed E-state index contributed by atoms with van der Waals surface area (Å²) in [6.45, 7) is 2.03. The number of anilines is 1. The van der Waals surface area contributed by atoms with Crippen LogP contribution >= 0.6 is 23.2 Å². The van der Waals surface area contributed by atoms with Crippen molar-refractivity contribution in [2.45, 2.75) is 19.4 Å². The molecule has 1 unspecified atom stereocenters. The lowest BCUT2D eigenvalue weighted by atomic mass is 10.0. The minimum atomic E-state index is -0.241. The lowest BCUT2D eigenvalue weighted by molar-refractivity contribution is 0.621. The van der Waals surface area contributed by atoms with Gasteiger partial charge in [0.25, 0.3) is 0 Å². The van der Waals surface area contributed by atoms with E-state index in [-0.39, 0.29) is 11.9 Å². The fraction of sp³-hybridized carbons (Fsp3) is 0.200. The molecule has 100 valence electrons. The first-order valence-corrected chi connectivity index (χ1v) is 6.83. The molecule has 0 aliphatic rings. The number of nitrogens with one attached hydrogen (secondary N) is 1. The van der Waals surface area contributed by atoms with Crippen LogP contribution in [0.5, 0.6) is 0 Å². The maximum absolute atomic E-state index is 13.3. The third-order valence-corrected chi connectivity index (χ3v) is 3.76. The Morgan fingerprint density at radius 2 is 1.89 bits per heavy atom. The van der Waals surface area contributed by atoms with Crippen LogP contribution in [0.3, 0.4) is 0 Å². The molecule has 0 saturated heterocycles. The predicted octanol–water partition coefficient (Wildman–Crippen LogP) is 5.70. The molecule has 0 fully saturated rings. The van der Waals surface area contributed by atoms with Crippen LogP contribution in [-0.2, 0) is 0 Å². The zero-order chi connectivity index (χ0) is 13.8. The smallest absolute Gasteiger partial charge is 0.123 e. The van der Waals surface area contributed by atoms with Crippen LogP contribution in [0.1, 0.15) is 24.9 Å². The largest absolute Gasteiger partial charge is 0.377 e. The molecule has 1 nitrogen and oxygen atoms in total. The van der Waals surface area contributed by atoms with Gasteiger partial charge in [0, 0.05) is 0 Å². The van der Waals surface area contributed by atoms with Gasteiger partial charge in [-0.3, -0.25) is 0 Å². The molecule has 4 heteroatoms. The van der Waals surface area contributed by atoms with E-state index in [9.17, 15) is 4.39 Å². The summed E-state index contributed by atoms with van der Waals surface area (Å²) in [6, 6.07) is 12.0. The number of halogens is 3. The maximum Gasteiger partial charge on any atom is 0.123 e. The molecule has 1 atom stereocenters. The molecule has 0 aliphatic carbocycles. The zero-order valence-electron chi connectivity index (χ0n) is 10.5. The zero-order valence-corrected chi connectivity index (χ0v) is 12.0. The minimum absolute atomic E-state index is 0.00772. The first kappa shape index (κ1) is 14.2. The van der Waals surface area contributed by atoms with Gasteiger partial charge in [-0.1, -0.05) is 48.3 Å². The van der Waals surface area contributed by atoms with Crippen molar-refractivity contribution in [3.05, 3.63) is 63.9 Å². The van der Waals surface area contributed by atoms with E-state index in [2.05, 4.69) is 5.32 Å². The van der Waals surface area contributed by atoms with Crippen molar-refractivity contribution in [2.24, 2.45) is 0 Å². The van der Waals surface area contributed by atoms with Gasteiger partial charge in [-0.2, -0.15) is 0 Å². The average Bonchev–Trinajstić information content (AvgIpc) is 2.40.